The Labute approximate surface area is 114 Å². The average molecular weight is 271 g/mol. The highest BCUT2D eigenvalue weighted by Crippen LogP contribution is 2.25. The van der Waals surface area contributed by atoms with Gasteiger partial charge in [-0.15, -0.1) is 0 Å². The van der Waals surface area contributed by atoms with Crippen molar-refractivity contribution in [1.29, 1.82) is 0 Å². The summed E-state index contributed by atoms with van der Waals surface area (Å²) >= 11 is 0. The summed E-state index contributed by atoms with van der Waals surface area (Å²) < 4.78 is 5.66. The van der Waals surface area contributed by atoms with Crippen molar-refractivity contribution in [3.8, 4) is 0 Å². The van der Waals surface area contributed by atoms with Crippen LogP contribution < -0.4 is 16.0 Å². The predicted octanol–water partition coefficient (Wildman–Crippen LogP) is 0.483. The summed E-state index contributed by atoms with van der Waals surface area (Å²) in [6.45, 7) is 8.01. The highest BCUT2D eigenvalue weighted by Gasteiger charge is 2.30. The molecule has 0 aromatic carbocycles. The molecule has 1 rings (SSSR count). The molecule has 0 radical (unpaired) electrons. The first-order chi connectivity index (χ1) is 9.00. The van der Waals surface area contributed by atoms with Gasteiger partial charge in [0.05, 0.1) is 6.10 Å². The monoisotopic (exact) mass is 271 g/mol. The second kappa shape index (κ2) is 7.99. The standard InChI is InChI=1S/C13H25N3O3/c1-9(2)12-11(4-7-19-12)8-16-13(18)15-6-5-14-10(3)17/h9,11-12H,4-8H2,1-3H3,(H,14,17)(H2,15,16,18)/t11-,12-/m1/s1. The van der Waals surface area contributed by atoms with Crippen LogP contribution in [0.3, 0.4) is 0 Å². The lowest BCUT2D eigenvalue weighted by Gasteiger charge is -2.22. The number of hydrogen-bond acceptors (Lipinski definition) is 3. The molecule has 1 aliphatic heterocycles. The van der Waals surface area contributed by atoms with Gasteiger partial charge in [-0.3, -0.25) is 4.79 Å². The molecule has 1 aliphatic rings. The normalized spacial score (nSPS) is 22.3. The first-order valence-electron chi connectivity index (χ1n) is 6.88. The molecule has 2 atom stereocenters. The molecule has 19 heavy (non-hydrogen) atoms. The van der Waals surface area contributed by atoms with Crippen molar-refractivity contribution in [1.82, 2.24) is 16.0 Å². The summed E-state index contributed by atoms with van der Waals surface area (Å²) in [4.78, 5) is 22.2. The van der Waals surface area contributed by atoms with Crippen molar-refractivity contribution in [2.24, 2.45) is 11.8 Å². The van der Waals surface area contributed by atoms with E-state index in [1.165, 1.54) is 6.92 Å². The van der Waals surface area contributed by atoms with Crippen LogP contribution in [-0.2, 0) is 9.53 Å². The van der Waals surface area contributed by atoms with Crippen LogP contribution in [0.2, 0.25) is 0 Å². The van der Waals surface area contributed by atoms with Crippen molar-refractivity contribution in [3.63, 3.8) is 0 Å². The molecule has 0 aromatic heterocycles. The molecule has 0 aliphatic carbocycles. The van der Waals surface area contributed by atoms with Gasteiger partial charge in [-0.2, -0.15) is 0 Å². The van der Waals surface area contributed by atoms with Gasteiger partial charge in [-0.1, -0.05) is 13.8 Å². The van der Waals surface area contributed by atoms with Crippen LogP contribution in [0.5, 0.6) is 0 Å². The molecule has 0 unspecified atom stereocenters. The van der Waals surface area contributed by atoms with Crippen LogP contribution >= 0.6 is 0 Å². The van der Waals surface area contributed by atoms with Crippen LogP contribution in [0, 0.1) is 11.8 Å². The number of ether oxygens (including phenoxy) is 1. The molecule has 3 N–H and O–H groups in total. The zero-order valence-electron chi connectivity index (χ0n) is 12.0. The highest BCUT2D eigenvalue weighted by atomic mass is 16.5. The third-order valence-electron chi connectivity index (χ3n) is 3.23. The Hall–Kier alpha value is -1.30. The molecule has 1 fully saturated rings. The third kappa shape index (κ3) is 5.92. The van der Waals surface area contributed by atoms with E-state index < -0.39 is 0 Å². The number of nitrogens with one attached hydrogen (secondary N) is 3. The Morgan fingerprint density at radius 3 is 2.53 bits per heavy atom. The predicted molar refractivity (Wildman–Crippen MR) is 72.8 cm³/mol. The van der Waals surface area contributed by atoms with Crippen molar-refractivity contribution >= 4 is 11.9 Å². The summed E-state index contributed by atoms with van der Waals surface area (Å²) in [5.41, 5.74) is 0. The number of rotatable bonds is 6. The first kappa shape index (κ1) is 15.8. The Kier molecular flexibility index (Phi) is 6.62. The molecule has 0 aromatic rings. The summed E-state index contributed by atoms with van der Waals surface area (Å²) in [6, 6.07) is -0.195. The lowest BCUT2D eigenvalue weighted by Crippen LogP contribution is -2.43. The largest absolute Gasteiger partial charge is 0.378 e. The van der Waals surface area contributed by atoms with Gasteiger partial charge in [-0.05, 0) is 12.3 Å². The van der Waals surface area contributed by atoms with Gasteiger partial charge in [0.2, 0.25) is 5.91 Å². The fraction of sp³-hybridized carbons (Fsp3) is 0.846. The summed E-state index contributed by atoms with van der Waals surface area (Å²) in [5, 5.41) is 8.17. The van der Waals surface area contributed by atoms with E-state index >= 15 is 0 Å². The highest BCUT2D eigenvalue weighted by molar-refractivity contribution is 5.74. The minimum atomic E-state index is -0.195. The summed E-state index contributed by atoms with van der Waals surface area (Å²) in [6.07, 6.45) is 1.23. The third-order valence-corrected chi connectivity index (χ3v) is 3.23. The van der Waals surface area contributed by atoms with E-state index in [-0.39, 0.29) is 18.0 Å². The SMILES string of the molecule is CC(=O)NCCNC(=O)NC[C@H]1CCO[C@@H]1C(C)C. The molecule has 110 valence electrons. The van der Waals surface area contributed by atoms with E-state index in [0.29, 0.717) is 31.5 Å². The zero-order chi connectivity index (χ0) is 14.3. The second-order valence-electron chi connectivity index (χ2n) is 5.25. The van der Waals surface area contributed by atoms with Gasteiger partial charge < -0.3 is 20.7 Å². The molecule has 3 amide bonds. The first-order valence-corrected chi connectivity index (χ1v) is 6.88. The second-order valence-corrected chi connectivity index (χ2v) is 5.25. The molecule has 6 nitrogen and oxygen atoms in total. The van der Waals surface area contributed by atoms with Crippen molar-refractivity contribution in [2.45, 2.75) is 33.3 Å². The minimum absolute atomic E-state index is 0.0925. The lowest BCUT2D eigenvalue weighted by atomic mass is 9.93. The Morgan fingerprint density at radius 1 is 1.21 bits per heavy atom. The van der Waals surface area contributed by atoms with E-state index in [9.17, 15) is 9.59 Å². The van der Waals surface area contributed by atoms with E-state index in [1.54, 1.807) is 0 Å². The number of urea groups is 1. The van der Waals surface area contributed by atoms with E-state index in [2.05, 4.69) is 29.8 Å². The van der Waals surface area contributed by atoms with E-state index in [0.717, 1.165) is 13.0 Å². The van der Waals surface area contributed by atoms with Crippen LogP contribution in [0.25, 0.3) is 0 Å². The van der Waals surface area contributed by atoms with Gasteiger partial charge >= 0.3 is 6.03 Å². The van der Waals surface area contributed by atoms with Crippen LogP contribution in [0.4, 0.5) is 4.79 Å². The number of hydrogen-bond donors (Lipinski definition) is 3. The number of carbonyl (C=O) groups is 2. The quantitative estimate of drug-likeness (QED) is 0.615. The van der Waals surface area contributed by atoms with Gasteiger partial charge in [0.15, 0.2) is 0 Å². The van der Waals surface area contributed by atoms with Crippen LogP contribution in [0.15, 0.2) is 0 Å². The van der Waals surface area contributed by atoms with Crippen molar-refractivity contribution in [2.75, 3.05) is 26.2 Å². The van der Waals surface area contributed by atoms with Crippen molar-refractivity contribution in [3.05, 3.63) is 0 Å². The average Bonchev–Trinajstić information content (AvgIpc) is 2.80. The maximum absolute atomic E-state index is 11.5. The Balaban J connectivity index is 2.14. The molecular weight excluding hydrogens is 246 g/mol. The van der Waals surface area contributed by atoms with Crippen LogP contribution in [-0.4, -0.2) is 44.3 Å². The van der Waals surface area contributed by atoms with Crippen LogP contribution in [0.1, 0.15) is 27.2 Å². The zero-order valence-corrected chi connectivity index (χ0v) is 12.0. The topological polar surface area (TPSA) is 79.5 Å². The maximum Gasteiger partial charge on any atom is 0.314 e. The number of amides is 3. The fourth-order valence-electron chi connectivity index (χ4n) is 2.31. The Morgan fingerprint density at radius 2 is 1.89 bits per heavy atom. The molecule has 1 heterocycles. The van der Waals surface area contributed by atoms with Gasteiger partial charge in [-0.25, -0.2) is 4.79 Å². The fourth-order valence-corrected chi connectivity index (χ4v) is 2.31. The maximum atomic E-state index is 11.5. The number of carbonyl (C=O) groups excluding carboxylic acids is 2. The smallest absolute Gasteiger partial charge is 0.314 e. The molecule has 0 saturated carbocycles. The van der Waals surface area contributed by atoms with Crippen molar-refractivity contribution < 1.29 is 14.3 Å². The lowest BCUT2D eigenvalue weighted by molar-refractivity contribution is -0.118. The Bertz CT molecular complexity index is 308. The molecular formula is C13H25N3O3. The summed E-state index contributed by atoms with van der Waals surface area (Å²) in [7, 11) is 0. The molecule has 0 spiro atoms. The minimum Gasteiger partial charge on any atom is -0.378 e. The van der Waals surface area contributed by atoms with Gasteiger partial charge in [0, 0.05) is 39.1 Å². The van der Waals surface area contributed by atoms with Gasteiger partial charge in [0.1, 0.15) is 0 Å². The molecule has 1 saturated heterocycles. The van der Waals surface area contributed by atoms with E-state index in [4.69, 9.17) is 4.74 Å². The molecule has 6 heteroatoms. The van der Waals surface area contributed by atoms with Gasteiger partial charge in [0.25, 0.3) is 0 Å². The summed E-state index contributed by atoms with van der Waals surface area (Å²) in [5.74, 6) is 0.767. The molecule has 0 bridgehead atoms. The van der Waals surface area contributed by atoms with E-state index in [1.807, 2.05) is 0 Å².